The highest BCUT2D eigenvalue weighted by Crippen LogP contribution is 2.29. The fraction of sp³-hybridized carbons (Fsp3) is 0.312. The van der Waals surface area contributed by atoms with Gasteiger partial charge in [-0.1, -0.05) is 0 Å². The monoisotopic (exact) mass is 289 g/mol. The molecule has 0 fully saturated rings. The number of carbonyl (C=O) groups is 1. The lowest BCUT2D eigenvalue weighted by Gasteiger charge is -2.17. The first kappa shape index (κ1) is 15.0. The second kappa shape index (κ2) is 6.35. The maximum atomic E-state index is 12.2. The molecule has 0 saturated carbocycles. The zero-order valence-corrected chi connectivity index (χ0v) is 12.6. The van der Waals surface area contributed by atoms with E-state index in [1.54, 1.807) is 26.4 Å². The van der Waals surface area contributed by atoms with Crippen LogP contribution in [-0.2, 0) is 0 Å². The van der Waals surface area contributed by atoms with E-state index in [4.69, 9.17) is 13.9 Å². The van der Waals surface area contributed by atoms with Crippen molar-refractivity contribution in [1.82, 2.24) is 5.32 Å². The van der Waals surface area contributed by atoms with Gasteiger partial charge in [0, 0.05) is 17.2 Å². The van der Waals surface area contributed by atoms with Gasteiger partial charge in [0.2, 0.25) is 0 Å². The van der Waals surface area contributed by atoms with E-state index < -0.39 is 0 Å². The van der Waals surface area contributed by atoms with Gasteiger partial charge in [0.05, 0.1) is 26.5 Å². The molecule has 5 nitrogen and oxygen atoms in total. The zero-order chi connectivity index (χ0) is 15.4. The number of ether oxygens (including phenoxy) is 2. The summed E-state index contributed by atoms with van der Waals surface area (Å²) in [6, 6.07) is 7.03. The standard InChI is InChI=1S/C16H19NO4/c1-10-7-8-21-15(10)16(18)17-11(2)13-6-5-12(19-3)9-14(13)20-4/h5-9,11H,1-4H3,(H,17,18). The zero-order valence-electron chi connectivity index (χ0n) is 12.6. The van der Waals surface area contributed by atoms with Crippen LogP contribution >= 0.6 is 0 Å². The number of aryl methyl sites for hydroxylation is 1. The molecular weight excluding hydrogens is 270 g/mol. The minimum Gasteiger partial charge on any atom is -0.497 e. The molecule has 1 amide bonds. The number of hydrogen-bond donors (Lipinski definition) is 1. The number of carbonyl (C=O) groups excluding carboxylic acids is 1. The van der Waals surface area contributed by atoms with Crippen molar-refractivity contribution in [2.24, 2.45) is 0 Å². The smallest absolute Gasteiger partial charge is 0.287 e. The van der Waals surface area contributed by atoms with Crippen molar-refractivity contribution < 1.29 is 18.7 Å². The van der Waals surface area contributed by atoms with E-state index in [1.165, 1.54) is 6.26 Å². The summed E-state index contributed by atoms with van der Waals surface area (Å²) in [6.45, 7) is 3.72. The lowest BCUT2D eigenvalue weighted by Crippen LogP contribution is -2.27. The van der Waals surface area contributed by atoms with Gasteiger partial charge in [0.1, 0.15) is 11.5 Å². The molecule has 21 heavy (non-hydrogen) atoms. The normalized spacial score (nSPS) is 11.8. The van der Waals surface area contributed by atoms with Crippen LogP contribution in [0, 0.1) is 6.92 Å². The Balaban J connectivity index is 2.18. The summed E-state index contributed by atoms with van der Waals surface area (Å²) in [5.74, 6) is 1.45. The van der Waals surface area contributed by atoms with Crippen LogP contribution in [0.4, 0.5) is 0 Å². The maximum absolute atomic E-state index is 12.2. The van der Waals surface area contributed by atoms with Gasteiger partial charge >= 0.3 is 0 Å². The Labute approximate surface area is 123 Å². The van der Waals surface area contributed by atoms with E-state index in [-0.39, 0.29) is 11.9 Å². The predicted molar refractivity (Wildman–Crippen MR) is 78.9 cm³/mol. The highest BCUT2D eigenvalue weighted by atomic mass is 16.5. The molecule has 0 spiro atoms. The van der Waals surface area contributed by atoms with Crippen LogP contribution < -0.4 is 14.8 Å². The SMILES string of the molecule is COc1ccc(C(C)NC(=O)c2occc2C)c(OC)c1. The molecule has 0 saturated heterocycles. The van der Waals surface area contributed by atoms with Gasteiger partial charge in [-0.25, -0.2) is 0 Å². The molecule has 0 aliphatic rings. The van der Waals surface area contributed by atoms with Gasteiger partial charge in [0.25, 0.3) is 5.91 Å². The summed E-state index contributed by atoms with van der Waals surface area (Å²) in [7, 11) is 3.18. The number of rotatable bonds is 5. The predicted octanol–water partition coefficient (Wildman–Crippen LogP) is 3.10. The molecule has 5 heteroatoms. The first-order valence-electron chi connectivity index (χ1n) is 6.63. The largest absolute Gasteiger partial charge is 0.497 e. The fourth-order valence-corrected chi connectivity index (χ4v) is 2.12. The van der Waals surface area contributed by atoms with Crippen molar-refractivity contribution in [1.29, 1.82) is 0 Å². The summed E-state index contributed by atoms with van der Waals surface area (Å²) >= 11 is 0. The van der Waals surface area contributed by atoms with E-state index in [1.807, 2.05) is 26.0 Å². The van der Waals surface area contributed by atoms with Crippen LogP contribution in [0.15, 0.2) is 34.9 Å². The molecule has 1 unspecified atom stereocenters. The molecule has 1 aromatic heterocycles. The van der Waals surface area contributed by atoms with E-state index in [2.05, 4.69) is 5.32 Å². The van der Waals surface area contributed by atoms with E-state index in [9.17, 15) is 4.79 Å². The Kier molecular flexibility index (Phi) is 4.52. The van der Waals surface area contributed by atoms with Crippen molar-refractivity contribution in [3.63, 3.8) is 0 Å². The van der Waals surface area contributed by atoms with Gasteiger partial charge in [-0.05, 0) is 32.0 Å². The van der Waals surface area contributed by atoms with Gasteiger partial charge in [0.15, 0.2) is 5.76 Å². The van der Waals surface area contributed by atoms with Gasteiger partial charge in [-0.3, -0.25) is 4.79 Å². The summed E-state index contributed by atoms with van der Waals surface area (Å²) in [6.07, 6.45) is 1.50. The average Bonchev–Trinajstić information content (AvgIpc) is 2.92. The van der Waals surface area contributed by atoms with Gasteiger partial charge in [-0.2, -0.15) is 0 Å². The molecule has 0 aliphatic carbocycles. The molecule has 1 heterocycles. The molecule has 112 valence electrons. The second-order valence-electron chi connectivity index (χ2n) is 4.74. The third-order valence-electron chi connectivity index (χ3n) is 3.32. The molecule has 0 radical (unpaired) electrons. The van der Waals surface area contributed by atoms with Crippen LogP contribution in [0.5, 0.6) is 11.5 Å². The number of furan rings is 1. The number of amides is 1. The Morgan fingerprint density at radius 3 is 2.57 bits per heavy atom. The van der Waals surface area contributed by atoms with Crippen molar-refractivity contribution >= 4 is 5.91 Å². The lowest BCUT2D eigenvalue weighted by molar-refractivity contribution is 0.0910. The maximum Gasteiger partial charge on any atom is 0.287 e. The summed E-state index contributed by atoms with van der Waals surface area (Å²) in [5, 5.41) is 2.90. The van der Waals surface area contributed by atoms with Crippen LogP contribution in [0.2, 0.25) is 0 Å². The first-order valence-corrected chi connectivity index (χ1v) is 6.63. The minimum atomic E-state index is -0.247. The van der Waals surface area contributed by atoms with Crippen LogP contribution in [0.25, 0.3) is 0 Å². The Hall–Kier alpha value is -2.43. The number of hydrogen-bond acceptors (Lipinski definition) is 4. The van der Waals surface area contributed by atoms with E-state index in [0.717, 1.165) is 11.1 Å². The minimum absolute atomic E-state index is 0.220. The third kappa shape index (κ3) is 3.18. The molecule has 1 aromatic carbocycles. The van der Waals surface area contributed by atoms with Crippen molar-refractivity contribution in [3.8, 4) is 11.5 Å². The average molecular weight is 289 g/mol. The molecule has 0 aliphatic heterocycles. The van der Waals surface area contributed by atoms with Gasteiger partial charge < -0.3 is 19.2 Å². The Morgan fingerprint density at radius 1 is 1.24 bits per heavy atom. The van der Waals surface area contributed by atoms with Crippen LogP contribution in [0.1, 0.15) is 34.6 Å². The van der Waals surface area contributed by atoms with E-state index >= 15 is 0 Å². The second-order valence-corrected chi connectivity index (χ2v) is 4.74. The Morgan fingerprint density at radius 2 is 2.00 bits per heavy atom. The highest BCUT2D eigenvalue weighted by molar-refractivity contribution is 5.93. The quantitative estimate of drug-likeness (QED) is 0.918. The molecule has 1 N–H and O–H groups in total. The molecule has 2 rings (SSSR count). The summed E-state index contributed by atoms with van der Waals surface area (Å²) < 4.78 is 15.7. The van der Waals surface area contributed by atoms with Crippen molar-refractivity contribution in [2.75, 3.05) is 14.2 Å². The van der Waals surface area contributed by atoms with Crippen LogP contribution in [-0.4, -0.2) is 20.1 Å². The third-order valence-corrected chi connectivity index (χ3v) is 3.32. The summed E-state index contributed by atoms with van der Waals surface area (Å²) in [5.41, 5.74) is 1.68. The molecule has 1 atom stereocenters. The molecule has 2 aromatic rings. The number of methoxy groups -OCH3 is 2. The summed E-state index contributed by atoms with van der Waals surface area (Å²) in [4.78, 5) is 12.2. The molecular formula is C16H19NO4. The first-order chi connectivity index (χ1) is 10.1. The highest BCUT2D eigenvalue weighted by Gasteiger charge is 2.18. The van der Waals surface area contributed by atoms with Crippen molar-refractivity contribution in [2.45, 2.75) is 19.9 Å². The topological polar surface area (TPSA) is 60.7 Å². The Bertz CT molecular complexity index is 633. The molecule has 0 bridgehead atoms. The lowest BCUT2D eigenvalue weighted by atomic mass is 10.1. The van der Waals surface area contributed by atoms with E-state index in [0.29, 0.717) is 17.3 Å². The van der Waals surface area contributed by atoms with Crippen LogP contribution in [0.3, 0.4) is 0 Å². The van der Waals surface area contributed by atoms with Crippen molar-refractivity contribution in [3.05, 3.63) is 47.4 Å². The number of benzene rings is 1. The fourth-order valence-electron chi connectivity index (χ4n) is 2.12. The van der Waals surface area contributed by atoms with Gasteiger partial charge in [-0.15, -0.1) is 0 Å². The number of nitrogens with one attached hydrogen (secondary N) is 1.